The molecule has 0 saturated carbocycles. The SMILES string of the molecule is Cc1cccc2cc(C(=O)C(O)C(C)(C)C)oc12. The molecular weight excluding hydrogens is 228 g/mol. The highest BCUT2D eigenvalue weighted by Gasteiger charge is 2.31. The van der Waals surface area contributed by atoms with Crippen LogP contribution in [0.25, 0.3) is 11.0 Å². The Hall–Kier alpha value is -1.61. The van der Waals surface area contributed by atoms with Crippen molar-refractivity contribution < 1.29 is 14.3 Å². The molecule has 2 rings (SSSR count). The summed E-state index contributed by atoms with van der Waals surface area (Å²) in [6.07, 6.45) is -1.06. The van der Waals surface area contributed by atoms with Gasteiger partial charge in [-0.3, -0.25) is 4.79 Å². The van der Waals surface area contributed by atoms with Gasteiger partial charge in [0.25, 0.3) is 0 Å². The Morgan fingerprint density at radius 1 is 1.33 bits per heavy atom. The number of carbonyl (C=O) groups is 1. The van der Waals surface area contributed by atoms with Crippen LogP contribution in [0.5, 0.6) is 0 Å². The molecule has 0 radical (unpaired) electrons. The first kappa shape index (κ1) is 12.8. The molecule has 1 aromatic heterocycles. The highest BCUT2D eigenvalue weighted by atomic mass is 16.4. The molecule has 96 valence electrons. The van der Waals surface area contributed by atoms with E-state index in [-0.39, 0.29) is 11.5 Å². The zero-order valence-electron chi connectivity index (χ0n) is 11.2. The number of carbonyl (C=O) groups excluding carboxylic acids is 1. The van der Waals surface area contributed by atoms with Gasteiger partial charge in [0.2, 0.25) is 5.78 Å². The van der Waals surface area contributed by atoms with Crippen LogP contribution in [0.4, 0.5) is 0 Å². The average Bonchev–Trinajstić information content (AvgIpc) is 2.71. The number of Topliss-reactive ketones (excluding diaryl/α,β-unsaturated/α-hetero) is 1. The summed E-state index contributed by atoms with van der Waals surface area (Å²) in [7, 11) is 0. The Balaban J connectivity index is 2.43. The number of hydrogen-bond acceptors (Lipinski definition) is 3. The molecule has 18 heavy (non-hydrogen) atoms. The average molecular weight is 246 g/mol. The van der Waals surface area contributed by atoms with E-state index in [1.807, 2.05) is 45.9 Å². The molecule has 0 aliphatic rings. The number of aryl methyl sites for hydroxylation is 1. The van der Waals surface area contributed by atoms with Crippen molar-refractivity contribution in [1.82, 2.24) is 0 Å². The molecule has 1 aromatic carbocycles. The van der Waals surface area contributed by atoms with Crippen molar-refractivity contribution in [3.05, 3.63) is 35.6 Å². The number of para-hydroxylation sites is 1. The minimum atomic E-state index is -1.06. The van der Waals surface area contributed by atoms with Crippen LogP contribution >= 0.6 is 0 Å². The van der Waals surface area contributed by atoms with Crippen LogP contribution in [0.3, 0.4) is 0 Å². The van der Waals surface area contributed by atoms with Crippen molar-refractivity contribution in [3.8, 4) is 0 Å². The number of rotatable bonds is 2. The number of fused-ring (bicyclic) bond motifs is 1. The van der Waals surface area contributed by atoms with Crippen molar-refractivity contribution >= 4 is 16.8 Å². The number of benzene rings is 1. The second kappa shape index (κ2) is 4.25. The molecule has 3 heteroatoms. The normalized spacial score (nSPS) is 13.8. The molecule has 2 aromatic rings. The number of ketones is 1. The summed E-state index contributed by atoms with van der Waals surface area (Å²) < 4.78 is 5.57. The Bertz CT molecular complexity index is 587. The maximum Gasteiger partial charge on any atom is 0.226 e. The summed E-state index contributed by atoms with van der Waals surface area (Å²) >= 11 is 0. The molecule has 0 amide bonds. The van der Waals surface area contributed by atoms with E-state index >= 15 is 0 Å². The van der Waals surface area contributed by atoms with Gasteiger partial charge in [-0.1, -0.05) is 39.0 Å². The van der Waals surface area contributed by atoms with Crippen LogP contribution in [0, 0.1) is 12.3 Å². The monoisotopic (exact) mass is 246 g/mol. The van der Waals surface area contributed by atoms with Crippen molar-refractivity contribution in [2.45, 2.75) is 33.8 Å². The molecule has 0 bridgehead atoms. The first-order valence-corrected chi connectivity index (χ1v) is 6.02. The fraction of sp³-hybridized carbons (Fsp3) is 0.400. The van der Waals surface area contributed by atoms with E-state index in [1.54, 1.807) is 6.07 Å². The van der Waals surface area contributed by atoms with Gasteiger partial charge in [0.05, 0.1) is 0 Å². The third-order valence-corrected chi connectivity index (χ3v) is 3.05. The molecule has 1 heterocycles. The predicted octanol–water partition coefficient (Wildman–Crippen LogP) is 3.33. The lowest BCUT2D eigenvalue weighted by molar-refractivity contribution is 0.0418. The zero-order chi connectivity index (χ0) is 13.5. The molecular formula is C15H18O3. The summed E-state index contributed by atoms with van der Waals surface area (Å²) in [6.45, 7) is 7.40. The summed E-state index contributed by atoms with van der Waals surface area (Å²) in [5.74, 6) is -0.139. The largest absolute Gasteiger partial charge is 0.453 e. The summed E-state index contributed by atoms with van der Waals surface area (Å²) in [5, 5.41) is 10.9. The van der Waals surface area contributed by atoms with E-state index in [0.29, 0.717) is 5.58 Å². The second-order valence-electron chi connectivity index (χ2n) is 5.74. The molecule has 1 atom stereocenters. The van der Waals surface area contributed by atoms with Gasteiger partial charge in [-0.25, -0.2) is 0 Å². The minimum absolute atomic E-state index is 0.224. The highest BCUT2D eigenvalue weighted by molar-refractivity contribution is 6.01. The van der Waals surface area contributed by atoms with Gasteiger partial charge in [-0.15, -0.1) is 0 Å². The van der Waals surface area contributed by atoms with Gasteiger partial charge in [-0.05, 0) is 24.0 Å². The van der Waals surface area contributed by atoms with Crippen LogP contribution in [0.15, 0.2) is 28.7 Å². The smallest absolute Gasteiger partial charge is 0.226 e. The quantitative estimate of drug-likeness (QED) is 0.827. The van der Waals surface area contributed by atoms with Crippen LogP contribution in [0.2, 0.25) is 0 Å². The first-order valence-electron chi connectivity index (χ1n) is 6.02. The molecule has 0 saturated heterocycles. The summed E-state index contributed by atoms with van der Waals surface area (Å²) in [6, 6.07) is 7.44. The third kappa shape index (κ3) is 2.18. The van der Waals surface area contributed by atoms with Crippen LogP contribution in [-0.4, -0.2) is 17.0 Å². The Morgan fingerprint density at radius 2 is 2.00 bits per heavy atom. The first-order chi connectivity index (χ1) is 8.30. The van der Waals surface area contributed by atoms with E-state index in [9.17, 15) is 9.90 Å². The Morgan fingerprint density at radius 3 is 2.56 bits per heavy atom. The lowest BCUT2D eigenvalue weighted by atomic mass is 9.86. The topological polar surface area (TPSA) is 50.4 Å². The van der Waals surface area contributed by atoms with Gasteiger partial charge in [0.1, 0.15) is 11.7 Å². The lowest BCUT2D eigenvalue weighted by Crippen LogP contribution is -2.34. The van der Waals surface area contributed by atoms with Crippen molar-refractivity contribution in [3.63, 3.8) is 0 Å². The number of furan rings is 1. The second-order valence-corrected chi connectivity index (χ2v) is 5.74. The van der Waals surface area contributed by atoms with Crippen molar-refractivity contribution in [1.29, 1.82) is 0 Å². The number of aliphatic hydroxyl groups excluding tert-OH is 1. The van der Waals surface area contributed by atoms with Crippen LogP contribution in [0.1, 0.15) is 36.9 Å². The van der Waals surface area contributed by atoms with E-state index in [4.69, 9.17) is 4.42 Å². The summed E-state index contributed by atoms with van der Waals surface area (Å²) in [4.78, 5) is 12.1. The molecule has 0 aliphatic heterocycles. The van der Waals surface area contributed by atoms with Gasteiger partial charge in [-0.2, -0.15) is 0 Å². The van der Waals surface area contributed by atoms with Gasteiger partial charge in [0.15, 0.2) is 5.76 Å². The summed E-state index contributed by atoms with van der Waals surface area (Å²) in [5.41, 5.74) is 1.20. The fourth-order valence-electron chi connectivity index (χ4n) is 1.86. The maximum atomic E-state index is 12.1. The molecule has 0 fully saturated rings. The van der Waals surface area contributed by atoms with Crippen molar-refractivity contribution in [2.24, 2.45) is 5.41 Å². The predicted molar refractivity (Wildman–Crippen MR) is 70.7 cm³/mol. The molecule has 0 aliphatic carbocycles. The molecule has 1 N–H and O–H groups in total. The number of aliphatic hydroxyl groups is 1. The standard InChI is InChI=1S/C15H18O3/c1-9-6-5-7-10-8-11(18-13(9)10)12(16)14(17)15(2,3)4/h5-8,14,17H,1-4H3. The number of hydrogen-bond donors (Lipinski definition) is 1. The van der Waals surface area contributed by atoms with Crippen LogP contribution < -0.4 is 0 Å². The van der Waals surface area contributed by atoms with Crippen LogP contribution in [-0.2, 0) is 0 Å². The molecule has 1 unspecified atom stereocenters. The maximum absolute atomic E-state index is 12.1. The zero-order valence-corrected chi connectivity index (χ0v) is 11.2. The Kier molecular flexibility index (Phi) is 3.03. The minimum Gasteiger partial charge on any atom is -0.453 e. The van der Waals surface area contributed by atoms with E-state index in [0.717, 1.165) is 10.9 Å². The lowest BCUT2D eigenvalue weighted by Gasteiger charge is -2.23. The van der Waals surface area contributed by atoms with Gasteiger partial charge in [0, 0.05) is 5.39 Å². The highest BCUT2D eigenvalue weighted by Crippen LogP contribution is 2.27. The van der Waals surface area contributed by atoms with Gasteiger partial charge >= 0.3 is 0 Å². The van der Waals surface area contributed by atoms with Gasteiger partial charge < -0.3 is 9.52 Å². The third-order valence-electron chi connectivity index (χ3n) is 3.05. The molecule has 3 nitrogen and oxygen atoms in total. The van der Waals surface area contributed by atoms with E-state index < -0.39 is 11.5 Å². The Labute approximate surface area is 106 Å². The van der Waals surface area contributed by atoms with Crippen molar-refractivity contribution in [2.75, 3.05) is 0 Å². The molecule has 0 spiro atoms. The van der Waals surface area contributed by atoms with E-state index in [1.165, 1.54) is 0 Å². The van der Waals surface area contributed by atoms with E-state index in [2.05, 4.69) is 0 Å². The fourth-order valence-corrected chi connectivity index (χ4v) is 1.86.